The van der Waals surface area contributed by atoms with Gasteiger partial charge in [-0.05, 0) is 32.2 Å². The summed E-state index contributed by atoms with van der Waals surface area (Å²) in [7, 11) is 1.94. The molecule has 14 heavy (non-hydrogen) atoms. The first kappa shape index (κ1) is 11.5. The summed E-state index contributed by atoms with van der Waals surface area (Å²) in [6.07, 6.45) is 0. The molecule has 0 spiro atoms. The van der Waals surface area contributed by atoms with Crippen LogP contribution in [0.5, 0.6) is 0 Å². The molecule has 2 unspecified atom stereocenters. The fourth-order valence-corrected chi connectivity index (χ4v) is 2.20. The summed E-state index contributed by atoms with van der Waals surface area (Å²) in [5, 5.41) is 3.62. The molecule has 0 amide bonds. The SMILES string of the molecule is CNC(C)C(C)Sc1cccc(F)c1. The van der Waals surface area contributed by atoms with Crippen molar-refractivity contribution in [2.24, 2.45) is 0 Å². The first-order chi connectivity index (χ1) is 6.63. The van der Waals surface area contributed by atoms with Crippen molar-refractivity contribution in [1.82, 2.24) is 5.32 Å². The van der Waals surface area contributed by atoms with Gasteiger partial charge < -0.3 is 5.32 Å². The maximum atomic E-state index is 12.9. The molecule has 1 rings (SSSR count). The summed E-state index contributed by atoms with van der Waals surface area (Å²) in [4.78, 5) is 0.986. The van der Waals surface area contributed by atoms with E-state index in [1.165, 1.54) is 6.07 Å². The number of hydrogen-bond donors (Lipinski definition) is 1. The van der Waals surface area contributed by atoms with Crippen LogP contribution in [0.25, 0.3) is 0 Å². The molecule has 0 fully saturated rings. The molecule has 0 aliphatic carbocycles. The maximum Gasteiger partial charge on any atom is 0.124 e. The lowest BCUT2D eigenvalue weighted by Crippen LogP contribution is -2.30. The van der Waals surface area contributed by atoms with E-state index in [0.717, 1.165) is 4.90 Å². The predicted octanol–water partition coefficient (Wildman–Crippen LogP) is 2.91. The first-order valence-corrected chi connectivity index (χ1v) is 5.61. The van der Waals surface area contributed by atoms with Crippen molar-refractivity contribution in [3.63, 3.8) is 0 Å². The minimum atomic E-state index is -0.167. The molecule has 0 aliphatic rings. The third-order valence-corrected chi connectivity index (χ3v) is 3.58. The third-order valence-electron chi connectivity index (χ3n) is 2.28. The molecular formula is C11H16FNS. The van der Waals surface area contributed by atoms with Crippen molar-refractivity contribution in [3.05, 3.63) is 30.1 Å². The zero-order valence-corrected chi connectivity index (χ0v) is 9.57. The van der Waals surface area contributed by atoms with Gasteiger partial charge in [-0.2, -0.15) is 0 Å². The van der Waals surface area contributed by atoms with Crippen LogP contribution in [-0.4, -0.2) is 18.3 Å². The zero-order valence-electron chi connectivity index (χ0n) is 8.75. The second kappa shape index (κ2) is 5.37. The van der Waals surface area contributed by atoms with E-state index in [-0.39, 0.29) is 5.82 Å². The Balaban J connectivity index is 2.60. The van der Waals surface area contributed by atoms with E-state index in [4.69, 9.17) is 0 Å². The quantitative estimate of drug-likeness (QED) is 0.772. The van der Waals surface area contributed by atoms with Gasteiger partial charge in [-0.1, -0.05) is 13.0 Å². The predicted molar refractivity (Wildman–Crippen MR) is 60.2 cm³/mol. The van der Waals surface area contributed by atoms with E-state index in [1.54, 1.807) is 23.9 Å². The topological polar surface area (TPSA) is 12.0 Å². The van der Waals surface area contributed by atoms with E-state index in [1.807, 2.05) is 13.1 Å². The number of nitrogens with one attached hydrogen (secondary N) is 1. The summed E-state index contributed by atoms with van der Waals surface area (Å²) in [6.45, 7) is 4.26. The van der Waals surface area contributed by atoms with Gasteiger partial charge in [0.25, 0.3) is 0 Å². The second-order valence-electron chi connectivity index (χ2n) is 3.36. The summed E-state index contributed by atoms with van der Waals surface area (Å²) in [6, 6.07) is 7.14. The number of hydrogen-bond acceptors (Lipinski definition) is 2. The lowest BCUT2D eigenvalue weighted by atomic mass is 10.3. The van der Waals surface area contributed by atoms with Gasteiger partial charge in [0, 0.05) is 16.2 Å². The van der Waals surface area contributed by atoms with Crippen molar-refractivity contribution in [2.75, 3.05) is 7.05 Å². The van der Waals surface area contributed by atoms with Crippen molar-refractivity contribution < 1.29 is 4.39 Å². The van der Waals surface area contributed by atoms with Gasteiger partial charge in [-0.3, -0.25) is 0 Å². The Morgan fingerprint density at radius 3 is 2.64 bits per heavy atom. The largest absolute Gasteiger partial charge is 0.316 e. The highest BCUT2D eigenvalue weighted by Gasteiger charge is 2.11. The highest BCUT2D eigenvalue weighted by atomic mass is 32.2. The average Bonchev–Trinajstić information content (AvgIpc) is 2.16. The summed E-state index contributed by atoms with van der Waals surface area (Å²) in [5.74, 6) is -0.167. The Morgan fingerprint density at radius 2 is 2.07 bits per heavy atom. The summed E-state index contributed by atoms with van der Waals surface area (Å²) in [5.41, 5.74) is 0. The Morgan fingerprint density at radius 1 is 1.36 bits per heavy atom. The Bertz CT molecular complexity index is 290. The van der Waals surface area contributed by atoms with Crippen molar-refractivity contribution in [2.45, 2.75) is 30.0 Å². The van der Waals surface area contributed by atoms with Crippen molar-refractivity contribution >= 4 is 11.8 Å². The van der Waals surface area contributed by atoms with Crippen LogP contribution in [0.15, 0.2) is 29.2 Å². The van der Waals surface area contributed by atoms with E-state index >= 15 is 0 Å². The summed E-state index contributed by atoms with van der Waals surface area (Å²) < 4.78 is 12.9. The fourth-order valence-electron chi connectivity index (χ4n) is 1.09. The molecule has 0 radical (unpaired) electrons. The van der Waals surface area contributed by atoms with Crippen LogP contribution in [-0.2, 0) is 0 Å². The van der Waals surface area contributed by atoms with Gasteiger partial charge >= 0.3 is 0 Å². The van der Waals surface area contributed by atoms with E-state index in [2.05, 4.69) is 19.2 Å². The van der Waals surface area contributed by atoms with Gasteiger partial charge in [0.15, 0.2) is 0 Å². The lowest BCUT2D eigenvalue weighted by Gasteiger charge is -2.18. The van der Waals surface area contributed by atoms with Crippen LogP contribution >= 0.6 is 11.8 Å². The highest BCUT2D eigenvalue weighted by molar-refractivity contribution is 8.00. The normalized spacial score (nSPS) is 15.1. The van der Waals surface area contributed by atoms with Crippen molar-refractivity contribution in [3.8, 4) is 0 Å². The van der Waals surface area contributed by atoms with Crippen molar-refractivity contribution in [1.29, 1.82) is 0 Å². The van der Waals surface area contributed by atoms with Crippen LogP contribution in [0.4, 0.5) is 4.39 Å². The van der Waals surface area contributed by atoms with E-state index < -0.39 is 0 Å². The minimum Gasteiger partial charge on any atom is -0.316 e. The van der Waals surface area contributed by atoms with Gasteiger partial charge in [0.2, 0.25) is 0 Å². The molecule has 1 aromatic carbocycles. The smallest absolute Gasteiger partial charge is 0.124 e. The Hall–Kier alpha value is -0.540. The molecule has 1 nitrogen and oxygen atoms in total. The number of benzene rings is 1. The molecule has 0 aromatic heterocycles. The minimum absolute atomic E-state index is 0.167. The molecule has 0 saturated heterocycles. The standard InChI is InChI=1S/C11H16FNS/c1-8(13-3)9(2)14-11-6-4-5-10(12)7-11/h4-9,13H,1-3H3. The average molecular weight is 213 g/mol. The molecule has 78 valence electrons. The molecule has 2 atom stereocenters. The Kier molecular flexibility index (Phi) is 4.42. The molecule has 1 aromatic rings. The van der Waals surface area contributed by atoms with Crippen LogP contribution < -0.4 is 5.32 Å². The lowest BCUT2D eigenvalue weighted by molar-refractivity contribution is 0.604. The second-order valence-corrected chi connectivity index (χ2v) is 4.81. The van der Waals surface area contributed by atoms with Gasteiger partial charge in [0.05, 0.1) is 0 Å². The van der Waals surface area contributed by atoms with Crippen LogP contribution in [0, 0.1) is 5.82 Å². The summed E-state index contributed by atoms with van der Waals surface area (Å²) >= 11 is 1.69. The third kappa shape index (κ3) is 3.31. The number of rotatable bonds is 4. The first-order valence-electron chi connectivity index (χ1n) is 4.73. The molecule has 3 heteroatoms. The Labute approximate surface area is 89.1 Å². The maximum absolute atomic E-state index is 12.9. The molecule has 0 aliphatic heterocycles. The zero-order chi connectivity index (χ0) is 10.6. The monoisotopic (exact) mass is 213 g/mol. The fraction of sp³-hybridized carbons (Fsp3) is 0.455. The molecule has 0 heterocycles. The van der Waals surface area contributed by atoms with Crippen LogP contribution in [0.3, 0.4) is 0 Å². The molecule has 0 saturated carbocycles. The molecule has 0 bridgehead atoms. The van der Waals surface area contributed by atoms with Crippen LogP contribution in [0.2, 0.25) is 0 Å². The van der Waals surface area contributed by atoms with Gasteiger partial charge in [-0.15, -0.1) is 11.8 Å². The number of halogens is 1. The molecule has 1 N–H and O–H groups in total. The van der Waals surface area contributed by atoms with E-state index in [9.17, 15) is 4.39 Å². The number of thioether (sulfide) groups is 1. The highest BCUT2D eigenvalue weighted by Crippen LogP contribution is 2.25. The van der Waals surface area contributed by atoms with Gasteiger partial charge in [-0.25, -0.2) is 4.39 Å². The molecular weight excluding hydrogens is 197 g/mol. The van der Waals surface area contributed by atoms with Crippen LogP contribution in [0.1, 0.15) is 13.8 Å². The van der Waals surface area contributed by atoms with E-state index in [0.29, 0.717) is 11.3 Å². The van der Waals surface area contributed by atoms with Gasteiger partial charge in [0.1, 0.15) is 5.82 Å².